The van der Waals surface area contributed by atoms with Crippen LogP contribution in [-0.4, -0.2) is 17.0 Å². The highest BCUT2D eigenvalue weighted by atomic mass is 79.9. The van der Waals surface area contributed by atoms with Crippen molar-refractivity contribution in [3.8, 4) is 0 Å². The zero-order valence-electron chi connectivity index (χ0n) is 8.24. The topological polar surface area (TPSA) is 20.2 Å². The number of benzene rings is 1. The van der Waals surface area contributed by atoms with Crippen molar-refractivity contribution in [3.63, 3.8) is 0 Å². The van der Waals surface area contributed by atoms with Crippen LogP contribution in [0.25, 0.3) is 0 Å². The summed E-state index contributed by atoms with van der Waals surface area (Å²) in [6.07, 6.45) is 1.76. The lowest BCUT2D eigenvalue weighted by Crippen LogP contribution is -2.08. The van der Waals surface area contributed by atoms with Crippen LogP contribution in [0.1, 0.15) is 19.8 Å². The lowest BCUT2D eigenvalue weighted by Gasteiger charge is -2.08. The zero-order chi connectivity index (χ0) is 10.4. The van der Waals surface area contributed by atoms with Gasteiger partial charge in [-0.1, -0.05) is 29.3 Å². The van der Waals surface area contributed by atoms with E-state index in [0.29, 0.717) is 0 Å². The monoisotopic (exact) mass is 274 g/mol. The second kappa shape index (κ2) is 6.49. The van der Waals surface area contributed by atoms with E-state index in [1.165, 1.54) is 4.90 Å². The first-order chi connectivity index (χ1) is 6.72. The Labute approximate surface area is 98.0 Å². The van der Waals surface area contributed by atoms with Gasteiger partial charge in [-0.2, -0.15) is 0 Å². The Morgan fingerprint density at radius 1 is 1.36 bits per heavy atom. The fourth-order valence-electron chi connectivity index (χ4n) is 1.14. The molecule has 3 heteroatoms. The highest BCUT2D eigenvalue weighted by Gasteiger charge is 2.03. The Hall–Kier alpha value is 0.01000. The molecule has 1 nitrogen and oxygen atoms in total. The summed E-state index contributed by atoms with van der Waals surface area (Å²) in [5, 5.41) is 9.53. The number of rotatable bonds is 5. The van der Waals surface area contributed by atoms with E-state index < -0.39 is 0 Å². The van der Waals surface area contributed by atoms with Crippen LogP contribution in [0.5, 0.6) is 0 Å². The van der Waals surface area contributed by atoms with Gasteiger partial charge in [0.15, 0.2) is 0 Å². The molecule has 0 saturated heterocycles. The fraction of sp³-hybridized carbons (Fsp3) is 0.455. The van der Waals surface area contributed by atoms with Crippen molar-refractivity contribution in [2.24, 2.45) is 0 Å². The maximum absolute atomic E-state index is 9.53. The van der Waals surface area contributed by atoms with Gasteiger partial charge >= 0.3 is 0 Å². The standard InChI is InChI=1S/C11H15BrOS/c1-2-3-10(13)8-14-11-6-4-9(12)5-7-11/h4-7,10,13H,2-3,8H2,1H3. The van der Waals surface area contributed by atoms with Gasteiger partial charge in [0.05, 0.1) is 6.10 Å². The summed E-state index contributed by atoms with van der Waals surface area (Å²) in [5.74, 6) is 0.787. The first-order valence-electron chi connectivity index (χ1n) is 4.78. The van der Waals surface area contributed by atoms with Crippen molar-refractivity contribution in [1.29, 1.82) is 0 Å². The molecule has 1 aromatic carbocycles. The highest BCUT2D eigenvalue weighted by Crippen LogP contribution is 2.21. The second-order valence-corrected chi connectivity index (χ2v) is 5.22. The first kappa shape index (κ1) is 12.1. The Balaban J connectivity index is 2.34. The Morgan fingerprint density at radius 3 is 2.57 bits per heavy atom. The van der Waals surface area contributed by atoms with Crippen LogP contribution in [0.3, 0.4) is 0 Å². The van der Waals surface area contributed by atoms with E-state index in [-0.39, 0.29) is 6.10 Å². The second-order valence-electron chi connectivity index (χ2n) is 3.21. The predicted octanol–water partition coefficient (Wildman–Crippen LogP) is 3.70. The number of halogens is 1. The molecule has 1 unspecified atom stereocenters. The van der Waals surface area contributed by atoms with Gasteiger partial charge < -0.3 is 5.11 Å². The van der Waals surface area contributed by atoms with E-state index in [2.05, 4.69) is 35.0 Å². The molecule has 0 amide bonds. The molecule has 0 aliphatic rings. The summed E-state index contributed by atoms with van der Waals surface area (Å²) in [5.41, 5.74) is 0. The third kappa shape index (κ3) is 4.49. The summed E-state index contributed by atoms with van der Waals surface area (Å²) >= 11 is 5.10. The van der Waals surface area contributed by atoms with Gasteiger partial charge in [0, 0.05) is 15.1 Å². The van der Waals surface area contributed by atoms with E-state index >= 15 is 0 Å². The number of hydrogen-bond acceptors (Lipinski definition) is 2. The lowest BCUT2D eigenvalue weighted by atomic mass is 10.2. The molecule has 0 aliphatic carbocycles. The summed E-state index contributed by atoms with van der Waals surface area (Å²) < 4.78 is 1.09. The summed E-state index contributed by atoms with van der Waals surface area (Å²) in [6, 6.07) is 8.17. The first-order valence-corrected chi connectivity index (χ1v) is 6.56. The van der Waals surface area contributed by atoms with E-state index in [4.69, 9.17) is 0 Å². The molecule has 1 atom stereocenters. The molecule has 1 N–H and O–H groups in total. The van der Waals surface area contributed by atoms with Crippen LogP contribution in [0.2, 0.25) is 0 Å². The van der Waals surface area contributed by atoms with Crippen LogP contribution in [0, 0.1) is 0 Å². The Bertz CT molecular complexity index is 260. The van der Waals surface area contributed by atoms with Gasteiger partial charge in [0.2, 0.25) is 0 Å². The van der Waals surface area contributed by atoms with Crippen molar-refractivity contribution in [2.75, 3.05) is 5.75 Å². The lowest BCUT2D eigenvalue weighted by molar-refractivity contribution is 0.188. The largest absolute Gasteiger partial charge is 0.392 e. The minimum Gasteiger partial charge on any atom is -0.392 e. The maximum Gasteiger partial charge on any atom is 0.0634 e. The smallest absolute Gasteiger partial charge is 0.0634 e. The van der Waals surface area contributed by atoms with Gasteiger partial charge in [-0.05, 0) is 30.7 Å². The average molecular weight is 275 g/mol. The van der Waals surface area contributed by atoms with E-state index in [9.17, 15) is 5.11 Å². The molecule has 0 aliphatic heterocycles. The normalized spacial score (nSPS) is 12.8. The molecular formula is C11H15BrOS. The molecule has 1 rings (SSSR count). The third-order valence-electron chi connectivity index (χ3n) is 1.88. The van der Waals surface area contributed by atoms with E-state index in [0.717, 1.165) is 23.1 Å². The predicted molar refractivity (Wildman–Crippen MR) is 65.8 cm³/mol. The summed E-state index contributed by atoms with van der Waals surface area (Å²) in [4.78, 5) is 1.21. The van der Waals surface area contributed by atoms with Crippen molar-refractivity contribution < 1.29 is 5.11 Å². The molecule has 0 radical (unpaired) electrons. The van der Waals surface area contributed by atoms with Gasteiger partial charge in [-0.15, -0.1) is 11.8 Å². The van der Waals surface area contributed by atoms with Crippen LogP contribution in [0.4, 0.5) is 0 Å². The molecule has 1 aromatic rings. The molecule has 0 bridgehead atoms. The molecular weight excluding hydrogens is 260 g/mol. The van der Waals surface area contributed by atoms with Crippen molar-refractivity contribution in [2.45, 2.75) is 30.8 Å². The molecule has 0 aromatic heterocycles. The van der Waals surface area contributed by atoms with Crippen LogP contribution in [-0.2, 0) is 0 Å². The number of hydrogen-bond donors (Lipinski definition) is 1. The molecule has 0 fully saturated rings. The number of aliphatic hydroxyl groups is 1. The Kier molecular flexibility index (Phi) is 5.60. The van der Waals surface area contributed by atoms with Crippen molar-refractivity contribution in [1.82, 2.24) is 0 Å². The molecule has 78 valence electrons. The van der Waals surface area contributed by atoms with Crippen molar-refractivity contribution >= 4 is 27.7 Å². The molecule has 0 heterocycles. The van der Waals surface area contributed by atoms with Crippen LogP contribution in [0.15, 0.2) is 33.6 Å². The molecule has 0 saturated carbocycles. The fourth-order valence-corrected chi connectivity index (χ4v) is 2.28. The minimum absolute atomic E-state index is 0.173. The third-order valence-corrected chi connectivity index (χ3v) is 3.56. The number of aliphatic hydroxyl groups excluding tert-OH is 1. The quantitative estimate of drug-likeness (QED) is 0.827. The SMILES string of the molecule is CCCC(O)CSc1ccc(Br)cc1. The highest BCUT2D eigenvalue weighted by molar-refractivity contribution is 9.10. The Morgan fingerprint density at radius 2 is 2.00 bits per heavy atom. The van der Waals surface area contributed by atoms with Gasteiger partial charge in [-0.25, -0.2) is 0 Å². The molecule has 0 spiro atoms. The van der Waals surface area contributed by atoms with Gasteiger partial charge in [0.25, 0.3) is 0 Å². The van der Waals surface area contributed by atoms with Crippen LogP contribution >= 0.6 is 27.7 Å². The van der Waals surface area contributed by atoms with Gasteiger partial charge in [0.1, 0.15) is 0 Å². The maximum atomic E-state index is 9.53. The van der Waals surface area contributed by atoms with Crippen molar-refractivity contribution in [3.05, 3.63) is 28.7 Å². The van der Waals surface area contributed by atoms with E-state index in [1.807, 2.05) is 12.1 Å². The van der Waals surface area contributed by atoms with E-state index in [1.54, 1.807) is 11.8 Å². The molecule has 14 heavy (non-hydrogen) atoms. The zero-order valence-corrected chi connectivity index (χ0v) is 10.6. The summed E-state index contributed by atoms with van der Waals surface area (Å²) in [6.45, 7) is 2.09. The average Bonchev–Trinajstić information content (AvgIpc) is 2.17. The van der Waals surface area contributed by atoms with Crippen LogP contribution < -0.4 is 0 Å². The van der Waals surface area contributed by atoms with Gasteiger partial charge in [-0.3, -0.25) is 0 Å². The number of thioether (sulfide) groups is 1. The summed E-state index contributed by atoms with van der Waals surface area (Å²) in [7, 11) is 0. The minimum atomic E-state index is -0.173.